The summed E-state index contributed by atoms with van der Waals surface area (Å²) in [5.74, 6) is 3.65. The van der Waals surface area contributed by atoms with Crippen molar-refractivity contribution in [3.05, 3.63) is 132 Å². The average molecular weight is 826 g/mol. The maximum atomic E-state index is 6.48. The van der Waals surface area contributed by atoms with E-state index < -0.39 is 0 Å². The molecule has 0 bridgehead atoms. The summed E-state index contributed by atoms with van der Waals surface area (Å²) in [6.45, 7) is 15.5. The molecule has 0 spiro atoms. The summed E-state index contributed by atoms with van der Waals surface area (Å²) in [6, 6.07) is 38.7. The van der Waals surface area contributed by atoms with Gasteiger partial charge in [-0.2, -0.15) is 17.2 Å². The molecule has 0 amide bonds. The van der Waals surface area contributed by atoms with Crippen LogP contribution in [0.15, 0.2) is 97.2 Å². The molecule has 49 heavy (non-hydrogen) atoms. The van der Waals surface area contributed by atoms with Crippen LogP contribution in [-0.2, 0) is 27.5 Å². The van der Waals surface area contributed by atoms with Gasteiger partial charge in [0.1, 0.15) is 5.82 Å². The van der Waals surface area contributed by atoms with Crippen LogP contribution < -0.4 is 4.74 Å². The van der Waals surface area contributed by atoms with E-state index in [2.05, 4.69) is 126 Å². The smallest absolute Gasteiger partial charge is 0.509 e. The number of pyridine rings is 1. The van der Waals surface area contributed by atoms with E-state index in [-0.39, 0.29) is 21.1 Å². The molecule has 0 saturated carbocycles. The predicted octanol–water partition coefficient (Wildman–Crippen LogP) is 11.0. The second-order valence-corrected chi connectivity index (χ2v) is 13.7. The molecule has 0 aliphatic carbocycles. The number of aryl methyl sites for hydroxylation is 1. The van der Waals surface area contributed by atoms with Gasteiger partial charge in [0.2, 0.25) is 0 Å². The molecule has 1 unspecified atom stereocenters. The summed E-state index contributed by atoms with van der Waals surface area (Å²) in [6.07, 6.45) is 2.91. The topological polar surface area (TPSA) is 44.9 Å². The third kappa shape index (κ3) is 6.74. The average Bonchev–Trinajstić information content (AvgIpc) is 3.56. The molecule has 6 heteroatoms. The number of ether oxygens (including phenoxy) is 1. The quantitative estimate of drug-likeness (QED) is 0.136. The molecule has 250 valence electrons. The second-order valence-electron chi connectivity index (χ2n) is 13.7. The van der Waals surface area contributed by atoms with Gasteiger partial charge in [-0.05, 0) is 84.0 Å². The number of fused-ring (bicyclic) bond motifs is 3. The van der Waals surface area contributed by atoms with Crippen LogP contribution >= 0.6 is 0 Å². The van der Waals surface area contributed by atoms with Gasteiger partial charge in [0, 0.05) is 34.5 Å². The molecule has 3 heterocycles. The minimum Gasteiger partial charge on any atom is -0.509 e. The van der Waals surface area contributed by atoms with Gasteiger partial charge < -0.3 is 9.30 Å². The number of rotatable bonds is 9. The van der Waals surface area contributed by atoms with Crippen molar-refractivity contribution in [2.75, 3.05) is 0 Å². The Kier molecular flexibility index (Phi) is 9.95. The molecule has 3 aromatic heterocycles. The van der Waals surface area contributed by atoms with Crippen LogP contribution in [0.4, 0.5) is 0 Å². The van der Waals surface area contributed by atoms with Crippen molar-refractivity contribution in [1.82, 2.24) is 19.3 Å². The van der Waals surface area contributed by atoms with E-state index in [1.165, 1.54) is 16.5 Å². The molecule has 4 aromatic carbocycles. The number of hydrogen-bond acceptors (Lipinski definition) is 3. The monoisotopic (exact) mass is 825 g/mol. The van der Waals surface area contributed by atoms with Gasteiger partial charge in [0.15, 0.2) is 0 Å². The fraction of sp³-hybridized carbons (Fsp3) is 0.256. The maximum Gasteiger partial charge on any atom is 2.00 e. The van der Waals surface area contributed by atoms with Crippen molar-refractivity contribution in [2.45, 2.75) is 60.8 Å². The zero-order valence-corrected chi connectivity index (χ0v) is 31.5. The third-order valence-corrected chi connectivity index (χ3v) is 9.44. The minimum atomic E-state index is 0. The van der Waals surface area contributed by atoms with Gasteiger partial charge in [0.05, 0.1) is 5.69 Å². The Morgan fingerprint density at radius 2 is 1.55 bits per heavy atom. The van der Waals surface area contributed by atoms with Crippen LogP contribution in [0, 0.1) is 37.8 Å². The van der Waals surface area contributed by atoms with E-state index in [4.69, 9.17) is 14.8 Å². The van der Waals surface area contributed by atoms with Crippen LogP contribution in [0.25, 0.3) is 44.4 Å². The Morgan fingerprint density at radius 1 is 0.776 bits per heavy atom. The Balaban J connectivity index is 0.00000417. The zero-order valence-electron chi connectivity index (χ0n) is 29.2. The fourth-order valence-corrected chi connectivity index (χ4v) is 6.73. The van der Waals surface area contributed by atoms with E-state index in [9.17, 15) is 0 Å². The Bertz CT molecular complexity index is 2250. The molecule has 1 atom stereocenters. The molecule has 0 N–H and O–H groups in total. The van der Waals surface area contributed by atoms with Crippen LogP contribution in [0.1, 0.15) is 63.1 Å². The summed E-state index contributed by atoms with van der Waals surface area (Å²) in [7, 11) is 0. The van der Waals surface area contributed by atoms with Crippen molar-refractivity contribution in [2.24, 2.45) is 11.8 Å². The van der Waals surface area contributed by atoms with Crippen molar-refractivity contribution >= 4 is 21.8 Å². The van der Waals surface area contributed by atoms with E-state index in [0.29, 0.717) is 29.3 Å². The third-order valence-electron chi connectivity index (χ3n) is 9.44. The van der Waals surface area contributed by atoms with E-state index in [1.807, 2.05) is 41.2 Å². The summed E-state index contributed by atoms with van der Waals surface area (Å²) in [5, 5.41) is 7.20. The first-order valence-corrected chi connectivity index (χ1v) is 17.0. The number of aromatic nitrogens is 4. The predicted molar refractivity (Wildman–Crippen MR) is 197 cm³/mol. The van der Waals surface area contributed by atoms with E-state index >= 15 is 0 Å². The standard InChI is InChI=1S/C43H42N4O.Pt/c1-27(2)22-32-20-21-44-42(23-32)46-40-19-16-34(29(5)28(3)4)24-39(40)38-18-17-37(26-41(38)46)48-36-15-11-14-35(25-36)47-31(7)43(30(6)45-47)33-12-9-8-10-13-33;/h8-21,23-24,27-29H,22H2,1-7H3;/q-2;+2. The van der Waals surface area contributed by atoms with Crippen molar-refractivity contribution < 1.29 is 25.8 Å². The Hall–Kier alpha value is -4.47. The number of nitrogens with zero attached hydrogens (tertiary/aromatic N) is 4. The normalized spacial score (nSPS) is 12.2. The number of hydrogen-bond donors (Lipinski definition) is 0. The number of benzene rings is 4. The van der Waals surface area contributed by atoms with Gasteiger partial charge in [-0.15, -0.1) is 35.7 Å². The molecule has 0 aliphatic heterocycles. The molecule has 0 fully saturated rings. The molecule has 5 nitrogen and oxygen atoms in total. The molecule has 0 radical (unpaired) electrons. The summed E-state index contributed by atoms with van der Waals surface area (Å²) in [4.78, 5) is 4.86. The van der Waals surface area contributed by atoms with Gasteiger partial charge in [-0.1, -0.05) is 82.6 Å². The second kappa shape index (κ2) is 14.2. The van der Waals surface area contributed by atoms with Crippen LogP contribution in [0.3, 0.4) is 0 Å². The first-order chi connectivity index (χ1) is 23.2. The summed E-state index contributed by atoms with van der Waals surface area (Å²) < 4.78 is 10.7. The van der Waals surface area contributed by atoms with Crippen LogP contribution in [0.2, 0.25) is 0 Å². The van der Waals surface area contributed by atoms with Gasteiger partial charge in [-0.3, -0.25) is 4.68 Å². The van der Waals surface area contributed by atoms with Gasteiger partial charge in [0.25, 0.3) is 0 Å². The molecule has 7 aromatic rings. The Labute approximate surface area is 304 Å². The van der Waals surface area contributed by atoms with Gasteiger partial charge >= 0.3 is 21.1 Å². The molecular weight excluding hydrogens is 784 g/mol. The van der Waals surface area contributed by atoms with Crippen molar-refractivity contribution in [3.8, 4) is 34.1 Å². The Morgan fingerprint density at radius 3 is 2.31 bits per heavy atom. The van der Waals surface area contributed by atoms with E-state index in [0.717, 1.165) is 56.9 Å². The van der Waals surface area contributed by atoms with Crippen molar-refractivity contribution in [3.63, 3.8) is 0 Å². The first-order valence-electron chi connectivity index (χ1n) is 17.0. The van der Waals surface area contributed by atoms with Gasteiger partial charge in [-0.25, -0.2) is 4.98 Å². The largest absolute Gasteiger partial charge is 2.00 e. The zero-order chi connectivity index (χ0) is 33.5. The van der Waals surface area contributed by atoms with Crippen molar-refractivity contribution in [1.29, 1.82) is 0 Å². The maximum absolute atomic E-state index is 6.48. The molecular formula is C43H42N4OPt. The molecule has 7 rings (SSSR count). The molecule has 0 saturated heterocycles. The summed E-state index contributed by atoms with van der Waals surface area (Å²) in [5.41, 5.74) is 9.80. The minimum absolute atomic E-state index is 0. The fourth-order valence-electron chi connectivity index (χ4n) is 6.73. The molecule has 0 aliphatic rings. The van der Waals surface area contributed by atoms with Crippen LogP contribution in [-0.4, -0.2) is 19.3 Å². The first kappa shape index (κ1) is 34.4. The summed E-state index contributed by atoms with van der Waals surface area (Å²) >= 11 is 0. The van der Waals surface area contributed by atoms with Crippen LogP contribution in [0.5, 0.6) is 11.5 Å². The van der Waals surface area contributed by atoms with E-state index in [1.54, 1.807) is 0 Å². The SMILES string of the molecule is Cc1nn(-c2[c-]c(Oc3[c-]c4c(cc3)c3cc(C(C)C(C)C)ccc3n4-c3cc(CC(C)C)ccn3)ccc2)c(C)c1-c1ccccc1.[Pt+2].